The number of nitrogens with zero attached hydrogens (tertiary/aromatic N) is 1. The lowest BCUT2D eigenvalue weighted by Crippen LogP contribution is -2.39. The van der Waals surface area contributed by atoms with Crippen LogP contribution in [0.3, 0.4) is 0 Å². The Morgan fingerprint density at radius 2 is 1.70 bits per heavy atom. The molecule has 0 saturated carbocycles. The van der Waals surface area contributed by atoms with Crippen LogP contribution in [0, 0.1) is 5.92 Å². The van der Waals surface area contributed by atoms with Crippen molar-refractivity contribution < 1.29 is 14.4 Å². The van der Waals surface area contributed by atoms with Gasteiger partial charge in [-0.25, -0.2) is 0 Å². The number of amides is 3. The number of rotatable bonds is 5. The highest BCUT2D eigenvalue weighted by Crippen LogP contribution is 2.33. The lowest BCUT2D eigenvalue weighted by Gasteiger charge is -2.28. The first-order valence-electron chi connectivity index (χ1n) is 9.55. The summed E-state index contributed by atoms with van der Waals surface area (Å²) in [6, 6.07) is 8.57. The van der Waals surface area contributed by atoms with Crippen LogP contribution < -0.4 is 10.6 Å². The highest BCUT2D eigenvalue weighted by Gasteiger charge is 2.34. The zero-order valence-electron chi connectivity index (χ0n) is 15.3. The summed E-state index contributed by atoms with van der Waals surface area (Å²) in [5.41, 5.74) is 1.50. The summed E-state index contributed by atoms with van der Waals surface area (Å²) in [4.78, 5) is 37.6. The van der Waals surface area contributed by atoms with Crippen molar-refractivity contribution in [3.63, 3.8) is 0 Å². The first-order valence-corrected chi connectivity index (χ1v) is 9.55. The number of piperidine rings is 1. The molecule has 1 aromatic rings. The SMILES string of the molecule is Cl.O=C(CC1CC2CCC(C1)N2)Nc1ccccc1CN1C(=O)CCC1=O. The van der Waals surface area contributed by atoms with E-state index in [1.807, 2.05) is 24.3 Å². The van der Waals surface area contributed by atoms with E-state index >= 15 is 0 Å². The molecule has 146 valence electrons. The minimum atomic E-state index is -0.138. The van der Waals surface area contributed by atoms with E-state index in [2.05, 4.69) is 10.6 Å². The van der Waals surface area contributed by atoms with Crippen LogP contribution in [0.15, 0.2) is 24.3 Å². The maximum Gasteiger partial charge on any atom is 0.229 e. The minimum absolute atomic E-state index is 0. The molecule has 2 atom stereocenters. The smallest absolute Gasteiger partial charge is 0.229 e. The van der Waals surface area contributed by atoms with Crippen LogP contribution in [0.25, 0.3) is 0 Å². The van der Waals surface area contributed by atoms with Crippen molar-refractivity contribution >= 4 is 35.8 Å². The van der Waals surface area contributed by atoms with Crippen LogP contribution in [-0.2, 0) is 20.9 Å². The molecule has 1 aromatic carbocycles. The second-order valence-electron chi connectivity index (χ2n) is 7.76. The van der Waals surface area contributed by atoms with Crippen molar-refractivity contribution in [1.29, 1.82) is 0 Å². The average Bonchev–Trinajstić information content (AvgIpc) is 3.12. The molecule has 4 rings (SSSR count). The van der Waals surface area contributed by atoms with E-state index < -0.39 is 0 Å². The number of imide groups is 1. The molecular formula is C20H26ClN3O3. The molecule has 27 heavy (non-hydrogen) atoms. The van der Waals surface area contributed by atoms with E-state index in [1.54, 1.807) is 0 Å². The van der Waals surface area contributed by atoms with Gasteiger partial charge in [-0.05, 0) is 43.2 Å². The van der Waals surface area contributed by atoms with Crippen LogP contribution in [0.4, 0.5) is 5.69 Å². The lowest BCUT2D eigenvalue weighted by atomic mass is 9.89. The number of fused-ring (bicyclic) bond motifs is 2. The quantitative estimate of drug-likeness (QED) is 0.756. The molecule has 3 aliphatic heterocycles. The fourth-order valence-electron chi connectivity index (χ4n) is 4.55. The van der Waals surface area contributed by atoms with Gasteiger partial charge in [0.25, 0.3) is 0 Å². The zero-order chi connectivity index (χ0) is 18.1. The minimum Gasteiger partial charge on any atom is -0.326 e. The molecule has 3 amide bonds. The Balaban J connectivity index is 0.00000210. The zero-order valence-corrected chi connectivity index (χ0v) is 16.1. The summed E-state index contributed by atoms with van der Waals surface area (Å²) in [6.45, 7) is 0.228. The molecule has 0 aliphatic carbocycles. The number of nitrogens with one attached hydrogen (secondary N) is 2. The Kier molecular flexibility index (Phi) is 6.17. The summed E-state index contributed by atoms with van der Waals surface area (Å²) in [7, 11) is 0. The van der Waals surface area contributed by atoms with Crippen molar-refractivity contribution in [2.45, 2.75) is 63.6 Å². The summed E-state index contributed by atoms with van der Waals surface area (Å²) < 4.78 is 0. The van der Waals surface area contributed by atoms with Crippen molar-refractivity contribution in [1.82, 2.24) is 10.2 Å². The maximum atomic E-state index is 12.6. The predicted molar refractivity (Wildman–Crippen MR) is 104 cm³/mol. The van der Waals surface area contributed by atoms with Gasteiger partial charge in [0.2, 0.25) is 17.7 Å². The molecule has 0 aromatic heterocycles. The van der Waals surface area contributed by atoms with Crippen LogP contribution in [0.5, 0.6) is 0 Å². The molecule has 3 aliphatic rings. The van der Waals surface area contributed by atoms with Crippen LogP contribution >= 0.6 is 12.4 Å². The van der Waals surface area contributed by atoms with Crippen molar-refractivity contribution in [3.05, 3.63) is 29.8 Å². The predicted octanol–water partition coefficient (Wildman–Crippen LogP) is 2.62. The lowest BCUT2D eigenvalue weighted by molar-refractivity contribution is -0.139. The number of anilines is 1. The van der Waals surface area contributed by atoms with Gasteiger partial charge >= 0.3 is 0 Å². The molecule has 2 bridgehead atoms. The van der Waals surface area contributed by atoms with Gasteiger partial charge in [0.15, 0.2) is 0 Å². The molecule has 0 spiro atoms. The second kappa shape index (κ2) is 8.40. The first kappa shape index (κ1) is 19.8. The van der Waals surface area contributed by atoms with Crippen LogP contribution in [-0.4, -0.2) is 34.7 Å². The Morgan fingerprint density at radius 1 is 1.07 bits per heavy atom. The Bertz CT molecular complexity index is 711. The molecule has 0 radical (unpaired) electrons. The van der Waals surface area contributed by atoms with Gasteiger partial charge in [0, 0.05) is 37.0 Å². The molecule has 7 heteroatoms. The normalized spacial score (nSPS) is 26.8. The summed E-state index contributed by atoms with van der Waals surface area (Å²) >= 11 is 0. The Morgan fingerprint density at radius 3 is 2.37 bits per heavy atom. The number of carbonyl (C=O) groups is 3. The largest absolute Gasteiger partial charge is 0.326 e. The first-order chi connectivity index (χ1) is 12.6. The van der Waals surface area contributed by atoms with E-state index in [4.69, 9.17) is 0 Å². The molecule has 6 nitrogen and oxygen atoms in total. The summed E-state index contributed by atoms with van der Waals surface area (Å²) in [5, 5.41) is 6.60. The molecule has 2 N–H and O–H groups in total. The third-order valence-corrected chi connectivity index (χ3v) is 5.82. The monoisotopic (exact) mass is 391 g/mol. The standard InChI is InChI=1S/C20H25N3O3.ClH/c24-18(11-13-9-15-5-6-16(10-13)21-15)22-17-4-2-1-3-14(17)12-23-19(25)7-8-20(23)26;/h1-4,13,15-16,21H,5-12H2,(H,22,24);1H. The Labute approximate surface area is 165 Å². The topological polar surface area (TPSA) is 78.5 Å². The van der Waals surface area contributed by atoms with E-state index in [9.17, 15) is 14.4 Å². The summed E-state index contributed by atoms with van der Waals surface area (Å²) in [5.74, 6) is 0.174. The van der Waals surface area contributed by atoms with Gasteiger partial charge in [-0.1, -0.05) is 18.2 Å². The van der Waals surface area contributed by atoms with Crippen molar-refractivity contribution in [2.75, 3.05) is 5.32 Å². The van der Waals surface area contributed by atoms with E-state index in [1.165, 1.54) is 17.7 Å². The molecule has 3 saturated heterocycles. The van der Waals surface area contributed by atoms with E-state index in [0.29, 0.717) is 30.1 Å². The fourth-order valence-corrected chi connectivity index (χ4v) is 4.55. The van der Waals surface area contributed by atoms with E-state index in [0.717, 1.165) is 18.4 Å². The number of benzene rings is 1. The Hall–Kier alpha value is -1.92. The van der Waals surface area contributed by atoms with Gasteiger partial charge in [0.1, 0.15) is 0 Å². The van der Waals surface area contributed by atoms with Gasteiger partial charge in [-0.2, -0.15) is 0 Å². The van der Waals surface area contributed by atoms with Crippen molar-refractivity contribution in [3.8, 4) is 0 Å². The molecule has 3 heterocycles. The number of hydrogen-bond donors (Lipinski definition) is 2. The number of carbonyl (C=O) groups excluding carboxylic acids is 3. The van der Waals surface area contributed by atoms with E-state index in [-0.39, 0.29) is 49.5 Å². The number of para-hydroxylation sites is 1. The van der Waals surface area contributed by atoms with Crippen molar-refractivity contribution in [2.24, 2.45) is 5.92 Å². The number of hydrogen-bond acceptors (Lipinski definition) is 4. The van der Waals surface area contributed by atoms with Crippen LogP contribution in [0.2, 0.25) is 0 Å². The van der Waals surface area contributed by atoms with Gasteiger partial charge in [-0.15, -0.1) is 12.4 Å². The van der Waals surface area contributed by atoms with Gasteiger partial charge < -0.3 is 10.6 Å². The number of halogens is 1. The fraction of sp³-hybridized carbons (Fsp3) is 0.550. The second-order valence-corrected chi connectivity index (χ2v) is 7.76. The molecule has 2 unspecified atom stereocenters. The van der Waals surface area contributed by atoms with Crippen LogP contribution in [0.1, 0.15) is 50.5 Å². The third kappa shape index (κ3) is 4.50. The summed E-state index contributed by atoms with van der Waals surface area (Å²) in [6.07, 6.45) is 5.69. The van der Waals surface area contributed by atoms with Gasteiger partial charge in [-0.3, -0.25) is 19.3 Å². The third-order valence-electron chi connectivity index (χ3n) is 5.82. The maximum absolute atomic E-state index is 12.6. The molecule has 3 fully saturated rings. The highest BCUT2D eigenvalue weighted by atomic mass is 35.5. The highest BCUT2D eigenvalue weighted by molar-refractivity contribution is 6.02. The average molecular weight is 392 g/mol. The number of likely N-dealkylation sites (tertiary alicyclic amines) is 1. The van der Waals surface area contributed by atoms with Gasteiger partial charge in [0.05, 0.1) is 6.54 Å². The molecular weight excluding hydrogens is 366 g/mol.